The van der Waals surface area contributed by atoms with Crippen molar-refractivity contribution in [1.29, 1.82) is 0 Å². The second-order valence-corrected chi connectivity index (χ2v) is 24.1. The predicted molar refractivity (Wildman–Crippen MR) is 226 cm³/mol. The van der Waals surface area contributed by atoms with Gasteiger partial charge in [0.05, 0.1) is 43.7 Å². The Hall–Kier alpha value is -1.99. The van der Waals surface area contributed by atoms with E-state index in [-0.39, 0.29) is 77.6 Å². The van der Waals surface area contributed by atoms with Crippen LogP contribution < -0.4 is 10.4 Å². The van der Waals surface area contributed by atoms with Gasteiger partial charge in [-0.15, -0.1) is 0 Å². The van der Waals surface area contributed by atoms with Gasteiger partial charge in [-0.05, 0) is 73.2 Å². The summed E-state index contributed by atoms with van der Waals surface area (Å²) in [6, 6.07) is 21.6. The number of hydrogen-bond acceptors (Lipinski definition) is 9. The van der Waals surface area contributed by atoms with Crippen molar-refractivity contribution in [3.05, 3.63) is 60.7 Å². The summed E-state index contributed by atoms with van der Waals surface area (Å²) in [6.07, 6.45) is 8.95. The predicted octanol–water partition coefficient (Wildman–Crippen LogP) is 8.03. The van der Waals surface area contributed by atoms with Crippen molar-refractivity contribution >= 4 is 24.5 Å². The minimum atomic E-state index is -2.81. The number of Topliss-reactive ketones (excluding diaryl/α,β-unsaturated/α-hetero) is 1. The lowest BCUT2D eigenvalue weighted by Gasteiger charge is -2.48. The van der Waals surface area contributed by atoms with Crippen LogP contribution in [0.25, 0.3) is 0 Å². The Kier molecular flexibility index (Phi) is 12.8. The average molecular weight is 819 g/mol. The maximum atomic E-state index is 14.0. The summed E-state index contributed by atoms with van der Waals surface area (Å²) >= 11 is 0. The van der Waals surface area contributed by atoms with Crippen LogP contribution in [-0.2, 0) is 42.4 Å². The molecule has 11 atom stereocenters. The van der Waals surface area contributed by atoms with Crippen LogP contribution in [0, 0.1) is 11.8 Å². The Morgan fingerprint density at radius 2 is 1.45 bits per heavy atom. The highest BCUT2D eigenvalue weighted by molar-refractivity contribution is 6.99. The van der Waals surface area contributed by atoms with Gasteiger partial charge in [-0.1, -0.05) is 108 Å². The van der Waals surface area contributed by atoms with Crippen LogP contribution in [0.15, 0.2) is 60.7 Å². The molecule has 6 fully saturated rings. The van der Waals surface area contributed by atoms with E-state index in [1.807, 2.05) is 13.8 Å². The lowest BCUT2D eigenvalue weighted by molar-refractivity contribution is -0.243. The first-order valence-corrected chi connectivity index (χ1v) is 24.6. The molecule has 320 valence electrons. The van der Waals surface area contributed by atoms with Crippen LogP contribution in [0.4, 0.5) is 0 Å². The van der Waals surface area contributed by atoms with Crippen LogP contribution in [-0.4, -0.2) is 93.8 Å². The Morgan fingerprint density at radius 1 is 0.776 bits per heavy atom. The fourth-order valence-electron chi connectivity index (χ4n) is 11.4. The minimum Gasteiger partial charge on any atom is -0.405 e. The molecule has 0 N–H and O–H groups in total. The molecule has 1 spiro atoms. The molecule has 5 heterocycles. The molecule has 10 heteroatoms. The van der Waals surface area contributed by atoms with Gasteiger partial charge >= 0.3 is 0 Å². The van der Waals surface area contributed by atoms with Crippen molar-refractivity contribution in [3.63, 3.8) is 0 Å². The van der Waals surface area contributed by atoms with Gasteiger partial charge in [0.2, 0.25) is 0 Å². The van der Waals surface area contributed by atoms with E-state index in [4.69, 9.17) is 37.6 Å². The first-order chi connectivity index (χ1) is 27.8. The maximum absolute atomic E-state index is 14.0. The normalized spacial score (nSPS) is 35.8. The van der Waals surface area contributed by atoms with Crippen LogP contribution >= 0.6 is 0 Å². The zero-order valence-corrected chi connectivity index (χ0v) is 37.2. The Bertz CT molecular complexity index is 1620. The second-order valence-electron chi connectivity index (χ2n) is 19.8. The first kappa shape index (κ1) is 42.7. The third-order valence-electron chi connectivity index (χ3n) is 14.2. The van der Waals surface area contributed by atoms with Gasteiger partial charge in [0.1, 0.15) is 30.2 Å². The standard InChI is InChI=1S/C48H70O9Si/c1-8-18-39-38(32(2)41(53-39)29-35-30-50-47(6,7)55-35)28-33(49)27-34-23-24-40-43(52-34)45-44(56-48(57-45)25-16-11-17-26-48)42(54-40)31-51-58(46(3,4)5,36-19-12-9-13-20-36)37-21-14-10-15-22-37/h9-10,12-15,19-22,32,34-35,38-45H,8,11,16-18,23-31H2,1-7H3/t32-,34?,35+,38-,39+,40+,41?,42+,43+,44?,45+/m1/s1. The Labute approximate surface area is 348 Å². The number of rotatable bonds is 13. The molecule has 3 unspecified atom stereocenters. The van der Waals surface area contributed by atoms with Crippen molar-refractivity contribution in [2.75, 3.05) is 13.2 Å². The smallest absolute Gasteiger partial charge is 0.261 e. The zero-order chi connectivity index (χ0) is 40.7. The fourth-order valence-corrected chi connectivity index (χ4v) is 15.9. The summed E-state index contributed by atoms with van der Waals surface area (Å²) in [5.74, 6) is -0.484. The SMILES string of the molecule is CCC[C@@H]1OC(C[C@H]2COC(C)(C)O2)[C@H](C)[C@H]1CC(=O)CC1CC[C@@H]2O[C@@H](CO[Si](c3ccccc3)(c3ccccc3)C(C)(C)C)C3OC4(CCCCC4)O[C@H]3[C@H]2O1. The Balaban J connectivity index is 0.966. The monoisotopic (exact) mass is 818 g/mol. The fraction of sp³-hybridized carbons (Fsp3) is 0.729. The molecule has 1 aliphatic carbocycles. The number of benzene rings is 2. The quantitative estimate of drug-likeness (QED) is 0.187. The van der Waals surface area contributed by atoms with Crippen LogP contribution in [0.2, 0.25) is 5.04 Å². The van der Waals surface area contributed by atoms with E-state index >= 15 is 0 Å². The maximum Gasteiger partial charge on any atom is 0.261 e. The van der Waals surface area contributed by atoms with Gasteiger partial charge in [0.15, 0.2) is 11.6 Å². The van der Waals surface area contributed by atoms with Crippen LogP contribution in [0.1, 0.15) is 126 Å². The van der Waals surface area contributed by atoms with Gasteiger partial charge < -0.3 is 37.6 Å². The molecule has 0 amide bonds. The molecule has 5 aliphatic heterocycles. The van der Waals surface area contributed by atoms with E-state index in [9.17, 15) is 4.79 Å². The third-order valence-corrected chi connectivity index (χ3v) is 19.2. The van der Waals surface area contributed by atoms with E-state index in [2.05, 4.69) is 95.3 Å². The molecule has 2 aromatic rings. The number of carbonyl (C=O) groups is 1. The average Bonchev–Trinajstić information content (AvgIpc) is 3.84. The summed E-state index contributed by atoms with van der Waals surface area (Å²) in [5, 5.41) is 2.33. The number of carbonyl (C=O) groups excluding carboxylic acids is 1. The van der Waals surface area contributed by atoms with E-state index in [0.29, 0.717) is 26.1 Å². The third kappa shape index (κ3) is 8.71. The summed E-state index contributed by atoms with van der Waals surface area (Å²) in [4.78, 5) is 14.0. The molecule has 8 rings (SSSR count). The summed E-state index contributed by atoms with van der Waals surface area (Å²) in [6.45, 7) is 16.3. The van der Waals surface area contributed by atoms with E-state index in [1.54, 1.807) is 0 Å². The van der Waals surface area contributed by atoms with Crippen LogP contribution in [0.5, 0.6) is 0 Å². The highest BCUT2D eigenvalue weighted by Gasteiger charge is 2.60. The van der Waals surface area contributed by atoms with Gasteiger partial charge in [-0.3, -0.25) is 4.79 Å². The molecule has 0 aromatic heterocycles. The van der Waals surface area contributed by atoms with E-state index < -0.39 is 19.9 Å². The number of fused-ring (bicyclic) bond motifs is 3. The second kappa shape index (κ2) is 17.4. The zero-order valence-electron chi connectivity index (χ0n) is 36.2. The van der Waals surface area contributed by atoms with Gasteiger partial charge in [-0.2, -0.15) is 0 Å². The number of hydrogen-bond donors (Lipinski definition) is 0. The molecule has 0 bridgehead atoms. The minimum absolute atomic E-state index is 0.0147. The molecule has 58 heavy (non-hydrogen) atoms. The lowest BCUT2D eigenvalue weighted by Crippen LogP contribution is -2.68. The van der Waals surface area contributed by atoms with Gasteiger partial charge in [-0.25, -0.2) is 0 Å². The first-order valence-electron chi connectivity index (χ1n) is 22.7. The molecule has 1 saturated carbocycles. The van der Waals surface area contributed by atoms with Crippen molar-refractivity contribution in [1.82, 2.24) is 0 Å². The van der Waals surface area contributed by atoms with Crippen molar-refractivity contribution in [2.24, 2.45) is 11.8 Å². The molecule has 2 aromatic carbocycles. The summed E-state index contributed by atoms with van der Waals surface area (Å²) in [7, 11) is -2.81. The summed E-state index contributed by atoms with van der Waals surface area (Å²) in [5.41, 5.74) is 0. The molecular formula is C48H70O9Si. The van der Waals surface area contributed by atoms with E-state index in [1.165, 1.54) is 16.8 Å². The number of ketones is 1. The molecule has 5 saturated heterocycles. The molecule has 0 radical (unpaired) electrons. The summed E-state index contributed by atoms with van der Waals surface area (Å²) < 4.78 is 54.2. The van der Waals surface area contributed by atoms with Crippen molar-refractivity contribution < 1.29 is 42.4 Å². The number of ether oxygens (including phenoxy) is 7. The highest BCUT2D eigenvalue weighted by Crippen LogP contribution is 2.48. The molecule has 6 aliphatic rings. The molecular weight excluding hydrogens is 749 g/mol. The van der Waals surface area contributed by atoms with Gasteiger partial charge in [0.25, 0.3) is 8.32 Å². The van der Waals surface area contributed by atoms with Gasteiger partial charge in [0, 0.05) is 32.1 Å². The highest BCUT2D eigenvalue weighted by atomic mass is 28.4. The molecule has 9 nitrogen and oxygen atoms in total. The lowest BCUT2D eigenvalue weighted by atomic mass is 9.81. The largest absolute Gasteiger partial charge is 0.405 e. The Morgan fingerprint density at radius 3 is 2.07 bits per heavy atom. The topological polar surface area (TPSA) is 90.9 Å². The van der Waals surface area contributed by atoms with E-state index in [0.717, 1.165) is 57.8 Å². The van der Waals surface area contributed by atoms with Crippen LogP contribution in [0.3, 0.4) is 0 Å². The van der Waals surface area contributed by atoms with Crippen molar-refractivity contribution in [2.45, 2.75) is 197 Å². The van der Waals surface area contributed by atoms with Crippen molar-refractivity contribution in [3.8, 4) is 0 Å².